The van der Waals surface area contributed by atoms with Gasteiger partial charge >= 0.3 is 0 Å². The molecule has 0 aliphatic carbocycles. The molecule has 0 atom stereocenters. The lowest BCUT2D eigenvalue weighted by Gasteiger charge is -2.07. The Bertz CT molecular complexity index is 576. The first-order valence-electron chi connectivity index (χ1n) is 7.37. The molecule has 106 valence electrons. The summed E-state index contributed by atoms with van der Waals surface area (Å²) in [7, 11) is 0. The predicted molar refractivity (Wildman–Crippen MR) is 84.7 cm³/mol. The highest BCUT2D eigenvalue weighted by Gasteiger charge is 2.11. The summed E-state index contributed by atoms with van der Waals surface area (Å²) in [6.07, 6.45) is 3.27. The minimum atomic E-state index is 0.842. The fourth-order valence-electron chi connectivity index (χ4n) is 2.67. The SMILES string of the molecule is CCc1ccsc1CNCCc1ccc2c(c1)CCO2. The number of thiophene rings is 1. The zero-order valence-electron chi connectivity index (χ0n) is 11.9. The van der Waals surface area contributed by atoms with Crippen molar-refractivity contribution in [3.05, 3.63) is 51.2 Å². The van der Waals surface area contributed by atoms with Crippen molar-refractivity contribution in [1.29, 1.82) is 0 Å². The van der Waals surface area contributed by atoms with Crippen LogP contribution in [0.25, 0.3) is 0 Å². The second-order valence-electron chi connectivity index (χ2n) is 5.19. The molecule has 0 amide bonds. The third-order valence-corrected chi connectivity index (χ3v) is 4.81. The van der Waals surface area contributed by atoms with Crippen LogP contribution in [0.4, 0.5) is 0 Å². The summed E-state index contributed by atoms with van der Waals surface area (Å²) < 4.78 is 5.54. The summed E-state index contributed by atoms with van der Waals surface area (Å²) in [5.74, 6) is 1.08. The number of fused-ring (bicyclic) bond motifs is 1. The first-order valence-corrected chi connectivity index (χ1v) is 8.25. The summed E-state index contributed by atoms with van der Waals surface area (Å²) in [5, 5.41) is 5.75. The lowest BCUT2D eigenvalue weighted by atomic mass is 10.1. The molecule has 1 aromatic carbocycles. The Morgan fingerprint density at radius 3 is 3.15 bits per heavy atom. The molecule has 2 nitrogen and oxygen atoms in total. The van der Waals surface area contributed by atoms with Crippen molar-refractivity contribution in [1.82, 2.24) is 5.32 Å². The Labute approximate surface area is 124 Å². The van der Waals surface area contributed by atoms with Crippen LogP contribution in [0.3, 0.4) is 0 Å². The van der Waals surface area contributed by atoms with Gasteiger partial charge in [-0.1, -0.05) is 19.1 Å². The van der Waals surface area contributed by atoms with Crippen molar-refractivity contribution in [2.45, 2.75) is 32.7 Å². The van der Waals surface area contributed by atoms with Crippen molar-refractivity contribution in [3.8, 4) is 5.75 Å². The monoisotopic (exact) mass is 287 g/mol. The summed E-state index contributed by atoms with van der Waals surface area (Å²) in [4.78, 5) is 1.48. The van der Waals surface area contributed by atoms with Gasteiger partial charge in [-0.3, -0.25) is 0 Å². The lowest BCUT2D eigenvalue weighted by molar-refractivity contribution is 0.357. The Hall–Kier alpha value is -1.32. The molecule has 0 bridgehead atoms. The van der Waals surface area contributed by atoms with E-state index in [4.69, 9.17) is 4.74 Å². The second-order valence-corrected chi connectivity index (χ2v) is 6.19. The number of rotatable bonds is 6. The van der Waals surface area contributed by atoms with Gasteiger partial charge in [0.1, 0.15) is 5.75 Å². The van der Waals surface area contributed by atoms with E-state index in [0.29, 0.717) is 0 Å². The molecule has 20 heavy (non-hydrogen) atoms. The third kappa shape index (κ3) is 3.05. The molecule has 0 saturated carbocycles. The molecular weight excluding hydrogens is 266 g/mol. The van der Waals surface area contributed by atoms with Gasteiger partial charge in [-0.25, -0.2) is 0 Å². The van der Waals surface area contributed by atoms with Crippen LogP contribution < -0.4 is 10.1 Å². The molecule has 0 radical (unpaired) electrons. The van der Waals surface area contributed by atoms with E-state index in [0.717, 1.165) is 44.7 Å². The van der Waals surface area contributed by atoms with Crippen LogP contribution in [0, 0.1) is 0 Å². The highest BCUT2D eigenvalue weighted by Crippen LogP contribution is 2.25. The molecule has 0 fully saturated rings. The van der Waals surface area contributed by atoms with Crippen molar-refractivity contribution in [2.24, 2.45) is 0 Å². The van der Waals surface area contributed by atoms with Gasteiger partial charge in [-0.2, -0.15) is 0 Å². The molecule has 0 saturated heterocycles. The average molecular weight is 287 g/mol. The zero-order valence-corrected chi connectivity index (χ0v) is 12.8. The number of hydrogen-bond donors (Lipinski definition) is 1. The van der Waals surface area contributed by atoms with Gasteiger partial charge in [-0.05, 0) is 53.6 Å². The number of aryl methyl sites for hydroxylation is 1. The van der Waals surface area contributed by atoms with Gasteiger partial charge < -0.3 is 10.1 Å². The number of ether oxygens (including phenoxy) is 1. The normalized spacial score (nSPS) is 13.2. The fourth-order valence-corrected chi connectivity index (χ4v) is 3.61. The maximum absolute atomic E-state index is 5.54. The van der Waals surface area contributed by atoms with Gasteiger partial charge in [-0.15, -0.1) is 11.3 Å². The van der Waals surface area contributed by atoms with Crippen LogP contribution >= 0.6 is 11.3 Å². The highest BCUT2D eigenvalue weighted by molar-refractivity contribution is 7.10. The van der Waals surface area contributed by atoms with Gasteiger partial charge in [0.05, 0.1) is 6.61 Å². The van der Waals surface area contributed by atoms with E-state index in [9.17, 15) is 0 Å². The second kappa shape index (κ2) is 6.42. The maximum atomic E-state index is 5.54. The largest absolute Gasteiger partial charge is 0.493 e. The lowest BCUT2D eigenvalue weighted by Crippen LogP contribution is -2.16. The topological polar surface area (TPSA) is 21.3 Å². The molecule has 3 rings (SSSR count). The standard InChI is InChI=1S/C17H21NOS/c1-2-14-7-10-20-17(14)12-18-8-5-13-3-4-16-15(11-13)6-9-19-16/h3-4,7,10-11,18H,2,5-6,8-9,12H2,1H3. The van der Waals surface area contributed by atoms with Crippen LogP contribution in [-0.2, 0) is 25.8 Å². The van der Waals surface area contributed by atoms with Crippen LogP contribution in [0.2, 0.25) is 0 Å². The minimum Gasteiger partial charge on any atom is -0.493 e. The van der Waals surface area contributed by atoms with E-state index < -0.39 is 0 Å². The number of hydrogen-bond acceptors (Lipinski definition) is 3. The first kappa shape index (κ1) is 13.7. The van der Waals surface area contributed by atoms with Crippen molar-refractivity contribution in [3.63, 3.8) is 0 Å². The fraction of sp³-hybridized carbons (Fsp3) is 0.412. The maximum Gasteiger partial charge on any atom is 0.122 e. The molecule has 0 spiro atoms. The van der Waals surface area contributed by atoms with E-state index in [1.807, 2.05) is 11.3 Å². The summed E-state index contributed by atoms with van der Waals surface area (Å²) in [6, 6.07) is 8.84. The van der Waals surface area contributed by atoms with Crippen LogP contribution in [0.15, 0.2) is 29.6 Å². The summed E-state index contributed by atoms with van der Waals surface area (Å²) >= 11 is 1.86. The third-order valence-electron chi connectivity index (χ3n) is 3.85. The number of benzene rings is 1. The molecule has 0 unspecified atom stereocenters. The summed E-state index contributed by atoms with van der Waals surface area (Å²) in [6.45, 7) is 5.09. The quantitative estimate of drug-likeness (QED) is 0.820. The van der Waals surface area contributed by atoms with Crippen LogP contribution in [0.1, 0.15) is 28.5 Å². The van der Waals surface area contributed by atoms with E-state index in [1.165, 1.54) is 21.6 Å². The van der Waals surface area contributed by atoms with E-state index in [-0.39, 0.29) is 0 Å². The van der Waals surface area contributed by atoms with Gasteiger partial charge in [0.15, 0.2) is 0 Å². The molecule has 1 aliphatic heterocycles. The minimum absolute atomic E-state index is 0.842. The predicted octanol–water partition coefficient (Wildman–Crippen LogP) is 3.58. The molecule has 2 heterocycles. The Morgan fingerprint density at radius 2 is 2.25 bits per heavy atom. The van der Waals surface area contributed by atoms with Crippen molar-refractivity contribution >= 4 is 11.3 Å². The van der Waals surface area contributed by atoms with Crippen LogP contribution in [0.5, 0.6) is 5.75 Å². The van der Waals surface area contributed by atoms with Gasteiger partial charge in [0.25, 0.3) is 0 Å². The van der Waals surface area contributed by atoms with E-state index in [2.05, 4.69) is 41.9 Å². The summed E-state index contributed by atoms with van der Waals surface area (Å²) in [5.41, 5.74) is 4.26. The molecule has 3 heteroatoms. The molecule has 2 aromatic rings. The van der Waals surface area contributed by atoms with Gasteiger partial charge in [0.2, 0.25) is 0 Å². The smallest absolute Gasteiger partial charge is 0.122 e. The molecule has 1 N–H and O–H groups in total. The average Bonchev–Trinajstić information content (AvgIpc) is 3.11. The van der Waals surface area contributed by atoms with E-state index >= 15 is 0 Å². The zero-order chi connectivity index (χ0) is 13.8. The molecule has 1 aliphatic rings. The van der Waals surface area contributed by atoms with Crippen LogP contribution in [-0.4, -0.2) is 13.2 Å². The highest BCUT2D eigenvalue weighted by atomic mass is 32.1. The van der Waals surface area contributed by atoms with Gasteiger partial charge in [0, 0.05) is 17.8 Å². The Morgan fingerprint density at radius 1 is 1.30 bits per heavy atom. The van der Waals surface area contributed by atoms with E-state index in [1.54, 1.807) is 0 Å². The first-order chi connectivity index (χ1) is 9.86. The number of nitrogens with one attached hydrogen (secondary N) is 1. The Balaban J connectivity index is 1.48. The van der Waals surface area contributed by atoms with Crippen molar-refractivity contribution < 1.29 is 4.74 Å². The Kier molecular flexibility index (Phi) is 4.38. The molecule has 1 aromatic heterocycles. The van der Waals surface area contributed by atoms with Crippen molar-refractivity contribution in [2.75, 3.05) is 13.2 Å². The molecular formula is C17H21NOS.